The lowest BCUT2D eigenvalue weighted by Crippen LogP contribution is -2.35. The summed E-state index contributed by atoms with van der Waals surface area (Å²) in [5.41, 5.74) is 1.08. The second-order valence-electron chi connectivity index (χ2n) is 4.22. The molecule has 0 aromatic carbocycles. The number of ether oxygens (including phenoxy) is 1. The first-order valence-corrected chi connectivity index (χ1v) is 5.42. The summed E-state index contributed by atoms with van der Waals surface area (Å²) in [6.45, 7) is 1.01. The van der Waals surface area contributed by atoms with Gasteiger partial charge in [0.05, 0.1) is 12.8 Å². The predicted octanol–water partition coefficient (Wildman–Crippen LogP) is 1.71. The molecule has 2 aliphatic rings. The Labute approximate surface area is 89.0 Å². The zero-order valence-corrected chi connectivity index (χ0v) is 8.79. The summed E-state index contributed by atoms with van der Waals surface area (Å²) in [7, 11) is 1.64. The van der Waals surface area contributed by atoms with Gasteiger partial charge in [-0.2, -0.15) is 4.98 Å². The van der Waals surface area contributed by atoms with E-state index in [-0.39, 0.29) is 0 Å². The number of pyridine rings is 1. The predicted molar refractivity (Wildman–Crippen MR) is 59.4 cm³/mol. The number of methoxy groups -OCH3 is 1. The summed E-state index contributed by atoms with van der Waals surface area (Å²) in [4.78, 5) is 4.40. The van der Waals surface area contributed by atoms with Gasteiger partial charge in [-0.25, -0.2) is 0 Å². The van der Waals surface area contributed by atoms with E-state index in [1.165, 1.54) is 12.8 Å². The zero-order valence-electron chi connectivity index (χ0n) is 8.79. The van der Waals surface area contributed by atoms with Gasteiger partial charge in [0.1, 0.15) is 0 Å². The first kappa shape index (κ1) is 8.83. The van der Waals surface area contributed by atoms with Crippen LogP contribution < -0.4 is 15.4 Å². The fourth-order valence-electron chi connectivity index (χ4n) is 2.04. The summed E-state index contributed by atoms with van der Waals surface area (Å²) in [5, 5.41) is 6.88. The van der Waals surface area contributed by atoms with E-state index in [1.54, 1.807) is 7.11 Å². The van der Waals surface area contributed by atoms with E-state index >= 15 is 0 Å². The van der Waals surface area contributed by atoms with Gasteiger partial charge >= 0.3 is 0 Å². The summed E-state index contributed by atoms with van der Waals surface area (Å²) in [6.07, 6.45) is 2.69. The molecule has 0 saturated heterocycles. The number of nitrogens with zero attached hydrogens (tertiary/aromatic N) is 1. The minimum atomic E-state index is 0.539. The molecular formula is C11H15N3O. The average molecular weight is 205 g/mol. The molecule has 0 radical (unpaired) electrons. The van der Waals surface area contributed by atoms with Crippen molar-refractivity contribution >= 4 is 11.5 Å². The molecule has 4 nitrogen and oxygen atoms in total. The van der Waals surface area contributed by atoms with Gasteiger partial charge in [-0.1, -0.05) is 0 Å². The van der Waals surface area contributed by atoms with E-state index in [0.29, 0.717) is 11.9 Å². The molecule has 1 aromatic rings. The number of hydrogen-bond donors (Lipinski definition) is 2. The van der Waals surface area contributed by atoms with Crippen molar-refractivity contribution in [2.45, 2.75) is 18.9 Å². The van der Waals surface area contributed by atoms with Crippen molar-refractivity contribution < 1.29 is 4.74 Å². The Morgan fingerprint density at radius 3 is 3.00 bits per heavy atom. The van der Waals surface area contributed by atoms with Crippen molar-refractivity contribution in [2.24, 2.45) is 5.92 Å². The molecule has 2 heterocycles. The van der Waals surface area contributed by atoms with Gasteiger partial charge in [0.15, 0.2) is 5.82 Å². The summed E-state index contributed by atoms with van der Waals surface area (Å²) in [6, 6.07) is 4.43. The molecule has 1 saturated carbocycles. The van der Waals surface area contributed by atoms with E-state index < -0.39 is 0 Å². The maximum absolute atomic E-state index is 5.11. The quantitative estimate of drug-likeness (QED) is 0.771. The molecule has 2 N–H and O–H groups in total. The van der Waals surface area contributed by atoms with Crippen LogP contribution in [0.1, 0.15) is 12.8 Å². The Kier molecular flexibility index (Phi) is 1.94. The number of nitrogens with one attached hydrogen (secondary N) is 2. The van der Waals surface area contributed by atoms with Crippen LogP contribution in [0.4, 0.5) is 11.5 Å². The summed E-state index contributed by atoms with van der Waals surface area (Å²) in [5.74, 6) is 2.43. The van der Waals surface area contributed by atoms with Crippen LogP contribution in [0.5, 0.6) is 5.88 Å². The monoisotopic (exact) mass is 205 g/mol. The highest BCUT2D eigenvalue weighted by atomic mass is 16.5. The van der Waals surface area contributed by atoms with Crippen LogP contribution in [0.15, 0.2) is 12.1 Å². The minimum absolute atomic E-state index is 0.539. The normalized spacial score (nSPS) is 23.7. The van der Waals surface area contributed by atoms with Gasteiger partial charge in [0.2, 0.25) is 5.88 Å². The van der Waals surface area contributed by atoms with Crippen molar-refractivity contribution in [1.82, 2.24) is 4.98 Å². The molecule has 1 aromatic heterocycles. The zero-order chi connectivity index (χ0) is 10.3. The van der Waals surface area contributed by atoms with Gasteiger partial charge < -0.3 is 15.4 Å². The topological polar surface area (TPSA) is 46.2 Å². The maximum Gasteiger partial charge on any atom is 0.215 e. The maximum atomic E-state index is 5.11. The highest BCUT2D eigenvalue weighted by Gasteiger charge is 2.33. The Bertz CT molecular complexity index is 376. The van der Waals surface area contributed by atoms with E-state index in [9.17, 15) is 0 Å². The van der Waals surface area contributed by atoms with Crippen LogP contribution >= 0.6 is 0 Å². The third-order valence-corrected chi connectivity index (χ3v) is 3.10. The van der Waals surface area contributed by atoms with Gasteiger partial charge in [0.25, 0.3) is 0 Å². The third-order valence-electron chi connectivity index (χ3n) is 3.10. The molecule has 15 heavy (non-hydrogen) atoms. The van der Waals surface area contributed by atoms with Crippen molar-refractivity contribution in [3.8, 4) is 5.88 Å². The molecule has 0 spiro atoms. The van der Waals surface area contributed by atoms with E-state index in [2.05, 4.69) is 15.6 Å². The lowest BCUT2D eigenvalue weighted by Gasteiger charge is -2.27. The number of hydrogen-bond acceptors (Lipinski definition) is 4. The summed E-state index contributed by atoms with van der Waals surface area (Å²) >= 11 is 0. The largest absolute Gasteiger partial charge is 0.481 e. The number of aromatic nitrogens is 1. The van der Waals surface area contributed by atoms with Crippen LogP contribution in [0.3, 0.4) is 0 Å². The summed E-state index contributed by atoms with van der Waals surface area (Å²) < 4.78 is 5.11. The first-order chi connectivity index (χ1) is 7.36. The standard InChI is InChI=1S/C11H15N3O/c1-15-10-5-4-8-11(14-10)13-9(6-12-8)7-2-3-7/h4-5,7,9,12H,2-3,6H2,1H3,(H,13,14). The molecule has 3 rings (SSSR count). The molecular weight excluding hydrogens is 190 g/mol. The van der Waals surface area contributed by atoms with Crippen LogP contribution in [0.2, 0.25) is 0 Å². The van der Waals surface area contributed by atoms with Crippen molar-refractivity contribution in [2.75, 3.05) is 24.3 Å². The van der Waals surface area contributed by atoms with E-state index in [0.717, 1.165) is 24.0 Å². The van der Waals surface area contributed by atoms with Gasteiger partial charge in [0, 0.05) is 18.7 Å². The molecule has 0 amide bonds. The first-order valence-electron chi connectivity index (χ1n) is 5.42. The molecule has 80 valence electrons. The molecule has 0 bridgehead atoms. The van der Waals surface area contributed by atoms with Crippen LogP contribution in [-0.4, -0.2) is 24.7 Å². The molecule has 1 aliphatic carbocycles. The minimum Gasteiger partial charge on any atom is -0.481 e. The Morgan fingerprint density at radius 2 is 2.27 bits per heavy atom. The highest BCUT2D eigenvalue weighted by Crippen LogP contribution is 2.37. The van der Waals surface area contributed by atoms with Crippen molar-refractivity contribution in [1.29, 1.82) is 0 Å². The lowest BCUT2D eigenvalue weighted by atomic mass is 10.1. The fraction of sp³-hybridized carbons (Fsp3) is 0.545. The second kappa shape index (κ2) is 3.29. The molecule has 1 fully saturated rings. The van der Waals surface area contributed by atoms with Gasteiger partial charge in [-0.05, 0) is 24.8 Å². The van der Waals surface area contributed by atoms with Crippen LogP contribution in [0.25, 0.3) is 0 Å². The van der Waals surface area contributed by atoms with E-state index in [1.807, 2.05) is 12.1 Å². The smallest absolute Gasteiger partial charge is 0.215 e. The van der Waals surface area contributed by atoms with E-state index in [4.69, 9.17) is 4.74 Å². The molecule has 1 atom stereocenters. The molecule has 4 heteroatoms. The Morgan fingerprint density at radius 1 is 1.40 bits per heavy atom. The van der Waals surface area contributed by atoms with Gasteiger partial charge in [-0.15, -0.1) is 0 Å². The molecule has 1 unspecified atom stereocenters. The Balaban J connectivity index is 1.85. The van der Waals surface area contributed by atoms with Crippen LogP contribution in [0, 0.1) is 5.92 Å². The Hall–Kier alpha value is -1.45. The van der Waals surface area contributed by atoms with Gasteiger partial charge in [-0.3, -0.25) is 0 Å². The number of fused-ring (bicyclic) bond motifs is 1. The third kappa shape index (κ3) is 1.60. The second-order valence-corrected chi connectivity index (χ2v) is 4.22. The number of anilines is 2. The number of rotatable bonds is 2. The average Bonchev–Trinajstić information content (AvgIpc) is 3.11. The van der Waals surface area contributed by atoms with Crippen molar-refractivity contribution in [3.63, 3.8) is 0 Å². The van der Waals surface area contributed by atoms with Crippen LogP contribution in [-0.2, 0) is 0 Å². The fourth-order valence-corrected chi connectivity index (χ4v) is 2.04. The lowest BCUT2D eigenvalue weighted by molar-refractivity contribution is 0.398. The SMILES string of the molecule is COc1ccc2c(n1)NC(C1CC1)CN2. The molecule has 1 aliphatic heterocycles. The van der Waals surface area contributed by atoms with Crippen molar-refractivity contribution in [3.05, 3.63) is 12.1 Å². The highest BCUT2D eigenvalue weighted by molar-refractivity contribution is 5.68.